The molecule has 0 aliphatic rings. The molecule has 0 saturated heterocycles. The van der Waals surface area contributed by atoms with E-state index in [1.165, 1.54) is 17.1 Å². The number of nitrogens with zero attached hydrogens (tertiary/aromatic N) is 4. The Balaban J connectivity index is 2.34. The number of aryl methyl sites for hydroxylation is 1. The molecule has 2 rings (SSSR count). The standard InChI is InChI=1S/C11H11BrN6O2/c1-18-10(6(5-15-18)9(13)17-20)16-11(19)8-7(12)3-2-4-14-8/h2-5,20H,1H3,(H2,13,17)(H,16,19). The molecule has 1 amide bonds. The maximum atomic E-state index is 12.2. The first-order chi connectivity index (χ1) is 9.54. The second kappa shape index (κ2) is 5.70. The van der Waals surface area contributed by atoms with Crippen molar-refractivity contribution >= 4 is 33.5 Å². The van der Waals surface area contributed by atoms with Gasteiger partial charge in [-0.3, -0.25) is 9.48 Å². The lowest BCUT2D eigenvalue weighted by Gasteiger charge is -2.08. The summed E-state index contributed by atoms with van der Waals surface area (Å²) in [6.07, 6.45) is 2.89. The number of hydrogen-bond donors (Lipinski definition) is 3. The Morgan fingerprint density at radius 3 is 3.00 bits per heavy atom. The highest BCUT2D eigenvalue weighted by Crippen LogP contribution is 2.18. The Hall–Kier alpha value is -2.42. The minimum Gasteiger partial charge on any atom is -0.409 e. The van der Waals surface area contributed by atoms with Crippen LogP contribution in [0, 0.1) is 0 Å². The molecule has 0 radical (unpaired) electrons. The Labute approximate surface area is 122 Å². The summed E-state index contributed by atoms with van der Waals surface area (Å²) in [5.74, 6) is -0.274. The lowest BCUT2D eigenvalue weighted by Crippen LogP contribution is -2.21. The fourth-order valence-corrected chi connectivity index (χ4v) is 1.98. The van der Waals surface area contributed by atoms with Crippen molar-refractivity contribution in [2.45, 2.75) is 0 Å². The summed E-state index contributed by atoms with van der Waals surface area (Å²) in [7, 11) is 1.62. The fourth-order valence-electron chi connectivity index (χ4n) is 1.55. The van der Waals surface area contributed by atoms with Crippen LogP contribution in [0.25, 0.3) is 0 Å². The zero-order valence-electron chi connectivity index (χ0n) is 10.4. The van der Waals surface area contributed by atoms with Gasteiger partial charge in [0.25, 0.3) is 5.91 Å². The highest BCUT2D eigenvalue weighted by molar-refractivity contribution is 9.10. The number of carbonyl (C=O) groups excluding carboxylic acids is 1. The van der Waals surface area contributed by atoms with E-state index in [9.17, 15) is 4.79 Å². The van der Waals surface area contributed by atoms with Gasteiger partial charge in [-0.1, -0.05) is 5.16 Å². The SMILES string of the molecule is Cn1ncc(/C(N)=N/O)c1NC(=O)c1ncccc1Br. The average molecular weight is 339 g/mol. The Morgan fingerprint density at radius 1 is 1.60 bits per heavy atom. The van der Waals surface area contributed by atoms with Gasteiger partial charge in [0.15, 0.2) is 5.84 Å². The van der Waals surface area contributed by atoms with Gasteiger partial charge < -0.3 is 16.3 Å². The van der Waals surface area contributed by atoms with E-state index in [0.717, 1.165) is 0 Å². The maximum Gasteiger partial charge on any atom is 0.276 e. The van der Waals surface area contributed by atoms with E-state index in [4.69, 9.17) is 10.9 Å². The van der Waals surface area contributed by atoms with Crippen molar-refractivity contribution in [3.8, 4) is 0 Å². The van der Waals surface area contributed by atoms with Crippen LogP contribution in [0.4, 0.5) is 5.82 Å². The number of halogens is 1. The number of amides is 1. The summed E-state index contributed by atoms with van der Waals surface area (Å²) in [4.78, 5) is 16.1. The minimum absolute atomic E-state index is 0.145. The molecule has 0 aromatic carbocycles. The molecule has 0 atom stereocenters. The van der Waals surface area contributed by atoms with Gasteiger partial charge >= 0.3 is 0 Å². The number of amidine groups is 1. The number of rotatable bonds is 3. The van der Waals surface area contributed by atoms with Gasteiger partial charge in [0, 0.05) is 17.7 Å². The van der Waals surface area contributed by atoms with Crippen LogP contribution in [-0.4, -0.2) is 31.7 Å². The summed E-state index contributed by atoms with van der Waals surface area (Å²) >= 11 is 3.25. The summed E-state index contributed by atoms with van der Waals surface area (Å²) in [5, 5.41) is 18.2. The molecule has 8 nitrogen and oxygen atoms in total. The number of anilines is 1. The minimum atomic E-state index is -0.437. The molecule has 20 heavy (non-hydrogen) atoms. The van der Waals surface area contributed by atoms with Crippen molar-refractivity contribution in [2.24, 2.45) is 17.9 Å². The number of pyridine rings is 1. The van der Waals surface area contributed by atoms with Crippen molar-refractivity contribution in [1.29, 1.82) is 0 Å². The molecule has 0 fully saturated rings. The fraction of sp³-hybridized carbons (Fsp3) is 0.0909. The summed E-state index contributed by atoms with van der Waals surface area (Å²) in [6, 6.07) is 3.41. The quantitative estimate of drug-likeness (QED) is 0.333. The van der Waals surface area contributed by atoms with Crippen molar-refractivity contribution in [3.63, 3.8) is 0 Å². The smallest absolute Gasteiger partial charge is 0.276 e. The normalized spacial score (nSPS) is 11.4. The zero-order valence-corrected chi connectivity index (χ0v) is 12.0. The van der Waals surface area contributed by atoms with E-state index in [1.54, 1.807) is 19.2 Å². The van der Waals surface area contributed by atoms with Crippen molar-refractivity contribution in [1.82, 2.24) is 14.8 Å². The molecule has 0 unspecified atom stereocenters. The van der Waals surface area contributed by atoms with Crippen LogP contribution in [-0.2, 0) is 7.05 Å². The van der Waals surface area contributed by atoms with Gasteiger partial charge in [-0.05, 0) is 28.1 Å². The Kier molecular flexibility index (Phi) is 3.99. The second-order valence-corrected chi connectivity index (χ2v) is 4.66. The van der Waals surface area contributed by atoms with Crippen LogP contribution in [0.1, 0.15) is 16.1 Å². The molecule has 9 heteroatoms. The molecule has 0 saturated carbocycles. The lowest BCUT2D eigenvalue weighted by atomic mass is 10.3. The monoisotopic (exact) mass is 338 g/mol. The molecule has 2 aromatic rings. The molecule has 0 bridgehead atoms. The molecule has 4 N–H and O–H groups in total. The Bertz CT molecular complexity index is 681. The zero-order chi connectivity index (χ0) is 14.7. The van der Waals surface area contributed by atoms with E-state index in [0.29, 0.717) is 15.9 Å². The molecule has 2 aromatic heterocycles. The highest BCUT2D eigenvalue weighted by atomic mass is 79.9. The average Bonchev–Trinajstić information content (AvgIpc) is 2.80. The molecule has 2 heterocycles. The van der Waals surface area contributed by atoms with Crippen molar-refractivity contribution in [3.05, 3.63) is 40.3 Å². The first kappa shape index (κ1) is 14.0. The summed E-state index contributed by atoms with van der Waals surface area (Å²) < 4.78 is 1.97. The summed E-state index contributed by atoms with van der Waals surface area (Å²) in [5.41, 5.74) is 6.06. The van der Waals surface area contributed by atoms with Crippen LogP contribution in [0.5, 0.6) is 0 Å². The number of nitrogens with one attached hydrogen (secondary N) is 1. The molecule has 0 aliphatic heterocycles. The molecule has 104 valence electrons. The number of nitrogens with two attached hydrogens (primary N) is 1. The van der Waals surface area contributed by atoms with Gasteiger partial charge in [0.2, 0.25) is 0 Å². The first-order valence-corrected chi connectivity index (χ1v) is 6.25. The number of hydrogen-bond acceptors (Lipinski definition) is 5. The summed E-state index contributed by atoms with van der Waals surface area (Å²) in [6.45, 7) is 0. The van der Waals surface area contributed by atoms with E-state index in [2.05, 4.69) is 36.5 Å². The van der Waals surface area contributed by atoms with Gasteiger partial charge in [0.1, 0.15) is 11.5 Å². The number of aromatic nitrogens is 3. The van der Waals surface area contributed by atoms with E-state index >= 15 is 0 Å². The van der Waals surface area contributed by atoms with E-state index in [-0.39, 0.29) is 11.5 Å². The van der Waals surface area contributed by atoms with Crippen LogP contribution >= 0.6 is 15.9 Å². The molecular weight excluding hydrogens is 328 g/mol. The Morgan fingerprint density at radius 2 is 2.35 bits per heavy atom. The topological polar surface area (TPSA) is 118 Å². The second-order valence-electron chi connectivity index (χ2n) is 3.80. The van der Waals surface area contributed by atoms with Crippen LogP contribution in [0.2, 0.25) is 0 Å². The third-order valence-electron chi connectivity index (χ3n) is 2.53. The third-order valence-corrected chi connectivity index (χ3v) is 3.17. The lowest BCUT2D eigenvalue weighted by molar-refractivity contribution is 0.102. The first-order valence-electron chi connectivity index (χ1n) is 5.46. The largest absolute Gasteiger partial charge is 0.409 e. The van der Waals surface area contributed by atoms with E-state index < -0.39 is 5.91 Å². The van der Waals surface area contributed by atoms with Crippen LogP contribution in [0.15, 0.2) is 34.2 Å². The maximum absolute atomic E-state index is 12.2. The van der Waals surface area contributed by atoms with Gasteiger partial charge in [0.05, 0.1) is 11.8 Å². The third kappa shape index (κ3) is 2.62. The predicted molar refractivity (Wildman–Crippen MR) is 75.6 cm³/mol. The van der Waals surface area contributed by atoms with Crippen molar-refractivity contribution < 1.29 is 10.0 Å². The molecule has 0 aliphatic carbocycles. The predicted octanol–water partition coefficient (Wildman–Crippen LogP) is 0.924. The number of carbonyl (C=O) groups is 1. The van der Waals surface area contributed by atoms with Crippen LogP contribution < -0.4 is 11.1 Å². The van der Waals surface area contributed by atoms with E-state index in [1.807, 2.05) is 0 Å². The van der Waals surface area contributed by atoms with Gasteiger partial charge in [-0.25, -0.2) is 4.98 Å². The molecule has 0 spiro atoms. The van der Waals surface area contributed by atoms with Crippen LogP contribution in [0.3, 0.4) is 0 Å². The number of oxime groups is 1. The van der Waals surface area contributed by atoms with Gasteiger partial charge in [-0.2, -0.15) is 5.10 Å². The highest BCUT2D eigenvalue weighted by Gasteiger charge is 2.18. The van der Waals surface area contributed by atoms with Crippen molar-refractivity contribution in [2.75, 3.05) is 5.32 Å². The molecular formula is C11H11BrN6O2. The van der Waals surface area contributed by atoms with Gasteiger partial charge in [-0.15, -0.1) is 0 Å².